The zero-order valence-corrected chi connectivity index (χ0v) is 11.7. The predicted octanol–water partition coefficient (Wildman–Crippen LogP) is 2.29. The summed E-state index contributed by atoms with van der Waals surface area (Å²) < 4.78 is 1.15. The van der Waals surface area contributed by atoms with Crippen molar-refractivity contribution in [3.63, 3.8) is 0 Å². The lowest BCUT2D eigenvalue weighted by atomic mass is 10.0. The third-order valence-electron chi connectivity index (χ3n) is 3.36. The summed E-state index contributed by atoms with van der Waals surface area (Å²) in [5.41, 5.74) is 7.33. The molecule has 0 radical (unpaired) electrons. The van der Waals surface area contributed by atoms with E-state index in [1.165, 1.54) is 11.1 Å². The molecule has 0 saturated carbocycles. The Morgan fingerprint density at radius 3 is 2.88 bits per heavy atom. The summed E-state index contributed by atoms with van der Waals surface area (Å²) in [5.74, 6) is -0.319. The van der Waals surface area contributed by atoms with Crippen molar-refractivity contribution in [2.75, 3.05) is 0 Å². The molecule has 1 unspecified atom stereocenters. The quantitative estimate of drug-likeness (QED) is 0.899. The van der Waals surface area contributed by atoms with Crippen molar-refractivity contribution in [2.45, 2.75) is 38.3 Å². The summed E-state index contributed by atoms with van der Waals surface area (Å²) in [6.45, 7) is 3.65. The summed E-state index contributed by atoms with van der Waals surface area (Å²) in [7, 11) is 0. The minimum absolute atomic E-state index is 0.213. The first kappa shape index (κ1) is 12.6. The van der Waals surface area contributed by atoms with Crippen molar-refractivity contribution in [3.05, 3.63) is 33.8 Å². The van der Waals surface area contributed by atoms with Gasteiger partial charge in [-0.1, -0.05) is 28.1 Å². The van der Waals surface area contributed by atoms with Crippen LogP contribution in [0.2, 0.25) is 0 Å². The molecule has 1 amide bonds. The Morgan fingerprint density at radius 2 is 2.24 bits per heavy atom. The molecule has 3 N–H and O–H groups in total. The van der Waals surface area contributed by atoms with Crippen LogP contribution in [0.5, 0.6) is 0 Å². The molecule has 1 aromatic rings. The number of benzene rings is 1. The van der Waals surface area contributed by atoms with E-state index in [4.69, 9.17) is 5.73 Å². The molecule has 92 valence electrons. The van der Waals surface area contributed by atoms with Crippen LogP contribution in [0.4, 0.5) is 0 Å². The second-order valence-electron chi connectivity index (χ2n) is 5.03. The van der Waals surface area contributed by atoms with Gasteiger partial charge >= 0.3 is 0 Å². The lowest BCUT2D eigenvalue weighted by Gasteiger charge is -2.27. The van der Waals surface area contributed by atoms with Crippen LogP contribution in [0.1, 0.15) is 37.4 Å². The molecule has 3 nitrogen and oxygen atoms in total. The molecule has 2 rings (SSSR count). The number of amides is 1. The highest BCUT2D eigenvalue weighted by atomic mass is 79.9. The van der Waals surface area contributed by atoms with Crippen LogP contribution in [0.3, 0.4) is 0 Å². The Hall–Kier alpha value is -0.870. The van der Waals surface area contributed by atoms with Crippen molar-refractivity contribution in [3.8, 4) is 0 Å². The van der Waals surface area contributed by atoms with Crippen molar-refractivity contribution < 1.29 is 4.79 Å². The van der Waals surface area contributed by atoms with Crippen LogP contribution in [0.15, 0.2) is 22.7 Å². The summed E-state index contributed by atoms with van der Waals surface area (Å²) in [4.78, 5) is 11.3. The van der Waals surface area contributed by atoms with E-state index in [9.17, 15) is 4.79 Å². The molecule has 1 aromatic carbocycles. The highest BCUT2D eigenvalue weighted by molar-refractivity contribution is 9.10. The van der Waals surface area contributed by atoms with Gasteiger partial charge in [-0.05, 0) is 43.9 Å². The second-order valence-corrected chi connectivity index (χ2v) is 5.89. The molecule has 0 bridgehead atoms. The minimum Gasteiger partial charge on any atom is -0.368 e. The van der Waals surface area contributed by atoms with Gasteiger partial charge in [0.15, 0.2) is 0 Å². The van der Waals surface area contributed by atoms with E-state index in [2.05, 4.69) is 33.4 Å². The van der Waals surface area contributed by atoms with Crippen LogP contribution >= 0.6 is 15.9 Å². The molecule has 1 aliphatic carbocycles. The van der Waals surface area contributed by atoms with Gasteiger partial charge in [0, 0.05) is 10.5 Å². The van der Waals surface area contributed by atoms with E-state index in [1.54, 1.807) is 0 Å². The molecule has 0 heterocycles. The number of primary amides is 1. The van der Waals surface area contributed by atoms with E-state index >= 15 is 0 Å². The number of fused-ring (bicyclic) bond motifs is 1. The summed E-state index contributed by atoms with van der Waals surface area (Å²) >= 11 is 3.56. The summed E-state index contributed by atoms with van der Waals surface area (Å²) in [6.07, 6.45) is 2.04. The average Bonchev–Trinajstić information content (AvgIpc) is 2.62. The number of carbonyl (C=O) groups excluding carboxylic acids is 1. The molecule has 0 saturated heterocycles. The Bertz CT molecular complexity index is 457. The number of hydrogen-bond acceptors (Lipinski definition) is 2. The maximum absolute atomic E-state index is 11.3. The molecule has 17 heavy (non-hydrogen) atoms. The van der Waals surface area contributed by atoms with E-state index in [0.717, 1.165) is 17.3 Å². The number of hydrogen-bond donors (Lipinski definition) is 2. The van der Waals surface area contributed by atoms with E-state index in [-0.39, 0.29) is 11.9 Å². The molecule has 0 aromatic heterocycles. The average molecular weight is 297 g/mol. The Balaban J connectivity index is 2.24. The van der Waals surface area contributed by atoms with Crippen LogP contribution in [-0.2, 0) is 11.2 Å². The fourth-order valence-corrected chi connectivity index (χ4v) is 2.85. The highest BCUT2D eigenvalue weighted by Gasteiger charge is 2.32. The monoisotopic (exact) mass is 296 g/mol. The molecular weight excluding hydrogens is 280 g/mol. The number of nitrogens with two attached hydrogens (primary N) is 1. The van der Waals surface area contributed by atoms with Crippen molar-refractivity contribution in [1.29, 1.82) is 0 Å². The van der Waals surface area contributed by atoms with Gasteiger partial charge in [0.25, 0.3) is 0 Å². The van der Waals surface area contributed by atoms with Gasteiger partial charge in [-0.15, -0.1) is 0 Å². The van der Waals surface area contributed by atoms with Gasteiger partial charge in [0.2, 0.25) is 5.91 Å². The van der Waals surface area contributed by atoms with Gasteiger partial charge in [-0.25, -0.2) is 0 Å². The molecule has 0 spiro atoms. The van der Waals surface area contributed by atoms with Gasteiger partial charge in [-0.3, -0.25) is 10.1 Å². The van der Waals surface area contributed by atoms with E-state index < -0.39 is 5.54 Å². The van der Waals surface area contributed by atoms with Crippen LogP contribution in [0, 0.1) is 0 Å². The van der Waals surface area contributed by atoms with E-state index in [0.29, 0.717) is 0 Å². The topological polar surface area (TPSA) is 55.1 Å². The zero-order valence-electron chi connectivity index (χ0n) is 10.1. The smallest absolute Gasteiger partial charge is 0.237 e. The summed E-state index contributed by atoms with van der Waals surface area (Å²) in [6, 6.07) is 6.41. The van der Waals surface area contributed by atoms with Gasteiger partial charge in [0.05, 0.1) is 5.54 Å². The van der Waals surface area contributed by atoms with Gasteiger partial charge in [-0.2, -0.15) is 0 Å². The Morgan fingerprint density at radius 1 is 1.53 bits per heavy atom. The predicted molar refractivity (Wildman–Crippen MR) is 71.6 cm³/mol. The van der Waals surface area contributed by atoms with Crippen molar-refractivity contribution in [2.24, 2.45) is 5.73 Å². The number of halogens is 1. The lowest BCUT2D eigenvalue weighted by Crippen LogP contribution is -2.51. The molecule has 0 fully saturated rings. The number of nitrogens with one attached hydrogen (secondary N) is 1. The fourth-order valence-electron chi connectivity index (χ4n) is 2.27. The van der Waals surface area contributed by atoms with Crippen molar-refractivity contribution >= 4 is 21.8 Å². The lowest BCUT2D eigenvalue weighted by molar-refractivity contribution is -0.123. The summed E-state index contributed by atoms with van der Waals surface area (Å²) in [5, 5.41) is 3.34. The van der Waals surface area contributed by atoms with E-state index in [1.807, 2.05) is 19.9 Å². The maximum Gasteiger partial charge on any atom is 0.237 e. The minimum atomic E-state index is -0.672. The number of rotatable bonds is 3. The first-order valence-corrected chi connectivity index (χ1v) is 6.56. The Kier molecular flexibility index (Phi) is 3.27. The van der Waals surface area contributed by atoms with Crippen molar-refractivity contribution in [1.82, 2.24) is 5.32 Å². The standard InChI is InChI=1S/C13H17BrN2O/c1-13(2,12(15)17)16-11-7-6-8-9(11)4-3-5-10(8)14/h3-5,11,16H,6-7H2,1-2H3,(H2,15,17). The SMILES string of the molecule is CC(C)(NC1CCc2c(Br)cccc21)C(N)=O. The normalized spacial score (nSPS) is 19.1. The van der Waals surface area contributed by atoms with Crippen LogP contribution in [0.25, 0.3) is 0 Å². The fraction of sp³-hybridized carbons (Fsp3) is 0.462. The first-order chi connectivity index (χ1) is 7.92. The van der Waals surface area contributed by atoms with Crippen LogP contribution < -0.4 is 11.1 Å². The van der Waals surface area contributed by atoms with Gasteiger partial charge < -0.3 is 5.73 Å². The molecule has 0 aliphatic heterocycles. The van der Waals surface area contributed by atoms with Gasteiger partial charge in [0.1, 0.15) is 0 Å². The molecule has 4 heteroatoms. The third kappa shape index (κ3) is 2.38. The zero-order chi connectivity index (χ0) is 12.6. The Labute approximate surface area is 110 Å². The maximum atomic E-state index is 11.3. The first-order valence-electron chi connectivity index (χ1n) is 5.76. The molecular formula is C13H17BrN2O. The molecule has 1 aliphatic rings. The van der Waals surface area contributed by atoms with Crippen LogP contribution in [-0.4, -0.2) is 11.4 Å². The third-order valence-corrected chi connectivity index (χ3v) is 4.11. The molecule has 1 atom stereocenters. The second kappa shape index (κ2) is 4.42. The largest absolute Gasteiger partial charge is 0.368 e. The number of carbonyl (C=O) groups is 1. The highest BCUT2D eigenvalue weighted by Crippen LogP contribution is 2.36.